The lowest BCUT2D eigenvalue weighted by Gasteiger charge is -2.54. The van der Waals surface area contributed by atoms with E-state index in [2.05, 4.69) is 17.2 Å². The zero-order chi connectivity index (χ0) is 28.9. The molecular formula is C28H32F3N3O5S. The molecule has 216 valence electrons. The molecule has 8 nitrogen and oxygen atoms in total. The number of hydrogen-bond donors (Lipinski definition) is 4. The summed E-state index contributed by atoms with van der Waals surface area (Å²) in [6, 6.07) is 8.03. The summed E-state index contributed by atoms with van der Waals surface area (Å²) in [5.41, 5.74) is -0.347. The molecule has 2 aliphatic rings. The monoisotopic (exact) mass is 579 g/mol. The number of thioether (sulfide) groups is 1. The van der Waals surface area contributed by atoms with Crippen LogP contribution in [0.15, 0.2) is 42.6 Å². The molecule has 2 heterocycles. The van der Waals surface area contributed by atoms with Crippen LogP contribution in [0.5, 0.6) is 0 Å². The summed E-state index contributed by atoms with van der Waals surface area (Å²) in [7, 11) is 0. The Morgan fingerprint density at radius 1 is 1.12 bits per heavy atom. The van der Waals surface area contributed by atoms with Crippen LogP contribution in [-0.4, -0.2) is 71.4 Å². The van der Waals surface area contributed by atoms with Crippen molar-refractivity contribution in [3.8, 4) is 11.3 Å². The highest BCUT2D eigenvalue weighted by Crippen LogP contribution is 2.57. The first kappa shape index (κ1) is 29.0. The molecule has 2 aromatic carbocycles. The van der Waals surface area contributed by atoms with Crippen LogP contribution in [0, 0.1) is 36.2 Å². The second-order valence-corrected chi connectivity index (χ2v) is 12.1. The molecule has 12 heteroatoms. The summed E-state index contributed by atoms with van der Waals surface area (Å²) >= 11 is 1.21. The molecule has 1 saturated carbocycles. The summed E-state index contributed by atoms with van der Waals surface area (Å²) < 4.78 is 48.2. The summed E-state index contributed by atoms with van der Waals surface area (Å²) in [4.78, 5) is 0. The molecule has 4 N–H and O–H groups in total. The van der Waals surface area contributed by atoms with Crippen molar-refractivity contribution in [2.75, 3.05) is 6.61 Å². The number of halogens is 3. The van der Waals surface area contributed by atoms with Gasteiger partial charge in [-0.1, -0.05) is 43.3 Å². The van der Waals surface area contributed by atoms with Crippen LogP contribution in [0.25, 0.3) is 11.3 Å². The minimum Gasteiger partial charge on any atom is -0.394 e. The topological polar surface area (TPSA) is 121 Å². The largest absolute Gasteiger partial charge is 0.394 e. The molecule has 3 aromatic rings. The van der Waals surface area contributed by atoms with E-state index in [1.54, 1.807) is 0 Å². The molecule has 1 aliphatic heterocycles. The van der Waals surface area contributed by atoms with Crippen molar-refractivity contribution < 1.29 is 38.3 Å². The van der Waals surface area contributed by atoms with E-state index in [-0.39, 0.29) is 17.2 Å². The van der Waals surface area contributed by atoms with E-state index in [0.29, 0.717) is 12.3 Å². The van der Waals surface area contributed by atoms with Crippen LogP contribution in [-0.2, 0) is 4.74 Å². The first-order valence-corrected chi connectivity index (χ1v) is 14.0. The van der Waals surface area contributed by atoms with Gasteiger partial charge in [0.15, 0.2) is 17.5 Å². The Balaban J connectivity index is 1.48. The van der Waals surface area contributed by atoms with Crippen molar-refractivity contribution in [3.05, 3.63) is 71.2 Å². The van der Waals surface area contributed by atoms with Crippen molar-refractivity contribution in [2.45, 2.75) is 67.8 Å². The Bertz CT molecular complexity index is 1360. The van der Waals surface area contributed by atoms with Crippen molar-refractivity contribution in [3.63, 3.8) is 0 Å². The molecule has 9 atom stereocenters. The maximum absolute atomic E-state index is 13.8. The average molecular weight is 580 g/mol. The second-order valence-electron chi connectivity index (χ2n) is 10.9. The van der Waals surface area contributed by atoms with Gasteiger partial charge in [-0.15, -0.1) is 16.9 Å². The lowest BCUT2D eigenvalue weighted by molar-refractivity contribution is -0.179. The standard InChI is InChI=1S/C28H32F3N3O5S/c1-13-6-4-5-7-17(13)26(28(38)10-14(2)15(28)3)40-27-25(37)23(24(36)21(12-35)39-27)34-11-20(32-33-34)16-8-18(29)22(31)19(30)9-16/h4-9,11,14-15,21,23-27,35-38H,10,12H2,1-3H3/t14-,15+,21+,23-,24-,25+,26+,27-,28?/m0/s1. The third kappa shape index (κ3) is 4.94. The van der Waals surface area contributed by atoms with Crippen molar-refractivity contribution in [1.29, 1.82) is 0 Å². The van der Waals surface area contributed by atoms with E-state index in [4.69, 9.17) is 4.74 Å². The highest BCUT2D eigenvalue weighted by molar-refractivity contribution is 8.00. The van der Waals surface area contributed by atoms with Gasteiger partial charge in [0.25, 0.3) is 0 Å². The number of aliphatic hydroxyl groups excluding tert-OH is 3. The van der Waals surface area contributed by atoms with Crippen LogP contribution in [0.4, 0.5) is 13.2 Å². The second kappa shape index (κ2) is 11.1. The summed E-state index contributed by atoms with van der Waals surface area (Å²) in [5.74, 6) is -4.14. The predicted molar refractivity (Wildman–Crippen MR) is 142 cm³/mol. The van der Waals surface area contributed by atoms with Gasteiger partial charge >= 0.3 is 0 Å². The van der Waals surface area contributed by atoms with Crippen molar-refractivity contribution in [1.82, 2.24) is 15.0 Å². The zero-order valence-electron chi connectivity index (χ0n) is 22.2. The van der Waals surface area contributed by atoms with Crippen LogP contribution < -0.4 is 0 Å². The molecule has 0 spiro atoms. The number of rotatable bonds is 7. The quantitative estimate of drug-likeness (QED) is 0.314. The van der Waals surface area contributed by atoms with Gasteiger partial charge in [-0.3, -0.25) is 0 Å². The van der Waals surface area contributed by atoms with Gasteiger partial charge in [0.1, 0.15) is 35.5 Å². The SMILES string of the molecule is Cc1ccccc1[C@@H](S[C@@H]1O[C@H](CO)[C@H](O)[C@H](n2cc(-c3cc(F)c(F)c(F)c3)nn2)[C@H]1O)C1(O)C[C@H](C)[C@H]1C. The van der Waals surface area contributed by atoms with E-state index in [1.165, 1.54) is 18.0 Å². The Morgan fingerprint density at radius 2 is 1.80 bits per heavy atom. The first-order chi connectivity index (χ1) is 19.0. The summed E-state index contributed by atoms with van der Waals surface area (Å²) in [6.07, 6.45) is -2.09. The maximum Gasteiger partial charge on any atom is 0.194 e. The van der Waals surface area contributed by atoms with Crippen LogP contribution in [0.3, 0.4) is 0 Å². The van der Waals surface area contributed by atoms with E-state index in [1.807, 2.05) is 38.1 Å². The molecule has 0 bridgehead atoms. The molecule has 1 unspecified atom stereocenters. The van der Waals surface area contributed by atoms with E-state index >= 15 is 0 Å². The number of ether oxygens (including phenoxy) is 1. The first-order valence-electron chi connectivity index (χ1n) is 13.1. The van der Waals surface area contributed by atoms with Gasteiger partial charge in [-0.25, -0.2) is 17.9 Å². The molecule has 0 radical (unpaired) electrons. The highest BCUT2D eigenvalue weighted by atomic mass is 32.2. The third-order valence-corrected chi connectivity index (χ3v) is 10.0. The minimum absolute atomic E-state index is 0.0159. The predicted octanol–water partition coefficient (Wildman–Crippen LogP) is 3.53. The van der Waals surface area contributed by atoms with Crippen molar-refractivity contribution in [2.24, 2.45) is 11.8 Å². The van der Waals surface area contributed by atoms with Gasteiger partial charge in [0, 0.05) is 5.56 Å². The molecule has 5 rings (SSSR count). The Morgan fingerprint density at radius 3 is 2.40 bits per heavy atom. The number of aliphatic hydroxyl groups is 4. The lowest BCUT2D eigenvalue weighted by atomic mass is 9.60. The van der Waals surface area contributed by atoms with Gasteiger partial charge in [0.2, 0.25) is 0 Å². The Labute approximate surface area is 233 Å². The number of benzene rings is 2. The van der Waals surface area contributed by atoms with Gasteiger partial charge < -0.3 is 25.2 Å². The molecule has 40 heavy (non-hydrogen) atoms. The lowest BCUT2D eigenvalue weighted by Crippen LogP contribution is -2.58. The minimum atomic E-state index is -1.61. The Kier molecular flexibility index (Phi) is 8.03. The fraction of sp³-hybridized carbons (Fsp3) is 0.500. The third-order valence-electron chi connectivity index (χ3n) is 8.43. The number of aryl methyl sites for hydroxylation is 1. The number of hydrogen-bond acceptors (Lipinski definition) is 8. The van der Waals surface area contributed by atoms with Crippen LogP contribution >= 0.6 is 11.8 Å². The summed E-state index contributed by atoms with van der Waals surface area (Å²) in [5, 5.41) is 51.6. The smallest absolute Gasteiger partial charge is 0.194 e. The van der Waals surface area contributed by atoms with Crippen molar-refractivity contribution >= 4 is 11.8 Å². The molecular weight excluding hydrogens is 547 g/mol. The average Bonchev–Trinajstić information content (AvgIpc) is 3.41. The normalized spacial score (nSPS) is 33.0. The zero-order valence-corrected chi connectivity index (χ0v) is 23.0. The van der Waals surface area contributed by atoms with Gasteiger partial charge in [0.05, 0.1) is 23.7 Å². The van der Waals surface area contributed by atoms with Gasteiger partial charge in [-0.2, -0.15) is 0 Å². The molecule has 1 aromatic heterocycles. The summed E-state index contributed by atoms with van der Waals surface area (Å²) in [6.45, 7) is 5.43. The highest BCUT2D eigenvalue weighted by Gasteiger charge is 2.56. The molecule has 0 amide bonds. The molecule has 1 saturated heterocycles. The maximum atomic E-state index is 13.8. The van der Waals surface area contributed by atoms with Crippen LogP contribution in [0.1, 0.15) is 42.7 Å². The number of aromatic nitrogens is 3. The fourth-order valence-corrected chi connectivity index (χ4v) is 7.54. The fourth-order valence-electron chi connectivity index (χ4n) is 5.78. The molecule has 1 aliphatic carbocycles. The Hall–Kier alpha value is -2.48. The van der Waals surface area contributed by atoms with E-state index in [9.17, 15) is 33.6 Å². The van der Waals surface area contributed by atoms with Crippen LogP contribution in [0.2, 0.25) is 0 Å². The number of nitrogens with zero attached hydrogens (tertiary/aromatic N) is 3. The van der Waals surface area contributed by atoms with E-state index < -0.39 is 64.7 Å². The van der Waals surface area contributed by atoms with Gasteiger partial charge in [-0.05, 0) is 48.4 Å². The van der Waals surface area contributed by atoms with E-state index in [0.717, 1.165) is 27.9 Å². The molecule has 2 fully saturated rings.